The number of hydrogen-bond donors (Lipinski definition) is 4. The second-order valence-corrected chi connectivity index (χ2v) is 4.79. The number of nitrogens with zero attached hydrogens (tertiary/aromatic N) is 1. The molecule has 2 rings (SSSR count). The zero-order valence-corrected chi connectivity index (χ0v) is 11.6. The van der Waals surface area contributed by atoms with Crippen molar-refractivity contribution >= 4 is 29.2 Å². The van der Waals surface area contributed by atoms with Crippen LogP contribution in [0.25, 0.3) is 0 Å². The third-order valence-corrected chi connectivity index (χ3v) is 3.18. The number of benzene rings is 1. The molecule has 0 aliphatic carbocycles. The Kier molecular flexibility index (Phi) is 4.44. The summed E-state index contributed by atoms with van der Waals surface area (Å²) in [5.74, 6) is -1.68. The van der Waals surface area contributed by atoms with Crippen LogP contribution >= 0.6 is 11.6 Å². The lowest BCUT2D eigenvalue weighted by atomic mass is 10.1. The third kappa shape index (κ3) is 3.73. The van der Waals surface area contributed by atoms with Gasteiger partial charge in [0.1, 0.15) is 6.04 Å². The summed E-state index contributed by atoms with van der Waals surface area (Å²) in [6.07, 6.45) is 3.04. The highest BCUT2D eigenvalue weighted by atomic mass is 35.5. The zero-order valence-electron chi connectivity index (χ0n) is 10.8. The molecule has 0 radical (unpaired) electrons. The van der Waals surface area contributed by atoms with Crippen LogP contribution in [0, 0.1) is 0 Å². The molecule has 7 nitrogen and oxygen atoms in total. The number of H-pyrrole nitrogens is 1. The second kappa shape index (κ2) is 6.27. The van der Waals surface area contributed by atoms with E-state index < -0.39 is 17.9 Å². The number of hydrogen-bond acceptors (Lipinski definition) is 4. The normalized spacial score (nSPS) is 11.9. The second-order valence-electron chi connectivity index (χ2n) is 4.38. The molecule has 0 aliphatic rings. The Morgan fingerprint density at radius 2 is 2.24 bits per heavy atom. The number of nitrogens with one attached hydrogen (secondary N) is 2. The Bertz CT molecular complexity index is 657. The van der Waals surface area contributed by atoms with Gasteiger partial charge in [0.05, 0.1) is 17.0 Å². The summed E-state index contributed by atoms with van der Waals surface area (Å²) in [4.78, 5) is 29.9. The number of carbonyl (C=O) groups excluding carboxylic acids is 1. The van der Waals surface area contributed by atoms with Crippen molar-refractivity contribution in [3.05, 3.63) is 47.0 Å². The number of amides is 1. The highest BCUT2D eigenvalue weighted by Crippen LogP contribution is 2.19. The van der Waals surface area contributed by atoms with Crippen molar-refractivity contribution in [1.82, 2.24) is 15.3 Å². The van der Waals surface area contributed by atoms with Gasteiger partial charge in [-0.15, -0.1) is 0 Å². The van der Waals surface area contributed by atoms with Crippen molar-refractivity contribution in [1.29, 1.82) is 0 Å². The van der Waals surface area contributed by atoms with Crippen molar-refractivity contribution < 1.29 is 14.7 Å². The number of carboxylic acid groups (broad SMARTS) is 1. The van der Waals surface area contributed by atoms with Crippen LogP contribution < -0.4 is 11.1 Å². The topological polar surface area (TPSA) is 121 Å². The van der Waals surface area contributed by atoms with Gasteiger partial charge >= 0.3 is 5.97 Å². The average Bonchev–Trinajstić information content (AvgIpc) is 2.93. The molecular weight excluding hydrogens is 296 g/mol. The Balaban J connectivity index is 2.10. The van der Waals surface area contributed by atoms with Crippen LogP contribution in [0.2, 0.25) is 5.02 Å². The molecular formula is C13H13ClN4O3. The molecule has 8 heteroatoms. The first-order chi connectivity index (χ1) is 9.97. The number of aromatic nitrogens is 2. The van der Waals surface area contributed by atoms with Gasteiger partial charge in [-0.3, -0.25) is 4.79 Å². The molecule has 0 saturated carbocycles. The van der Waals surface area contributed by atoms with E-state index in [0.717, 1.165) is 0 Å². The van der Waals surface area contributed by atoms with Crippen LogP contribution in [0.15, 0.2) is 30.7 Å². The Labute approximate surface area is 125 Å². The fourth-order valence-corrected chi connectivity index (χ4v) is 1.86. The minimum atomic E-state index is -1.14. The molecule has 1 unspecified atom stereocenters. The largest absolute Gasteiger partial charge is 0.480 e. The number of nitrogen functional groups attached to an aromatic ring is 1. The van der Waals surface area contributed by atoms with E-state index in [2.05, 4.69) is 15.3 Å². The number of imidazole rings is 1. The molecule has 5 N–H and O–H groups in total. The van der Waals surface area contributed by atoms with Crippen molar-refractivity contribution in [2.75, 3.05) is 5.73 Å². The van der Waals surface area contributed by atoms with Crippen molar-refractivity contribution in [2.45, 2.75) is 12.5 Å². The maximum absolute atomic E-state index is 12.1. The van der Waals surface area contributed by atoms with Crippen molar-refractivity contribution in [3.8, 4) is 0 Å². The summed E-state index contributed by atoms with van der Waals surface area (Å²) in [6, 6.07) is 3.28. The van der Waals surface area contributed by atoms with Gasteiger partial charge in [-0.25, -0.2) is 9.78 Å². The number of rotatable bonds is 5. The van der Waals surface area contributed by atoms with Gasteiger partial charge in [0, 0.05) is 23.9 Å². The number of nitrogens with two attached hydrogens (primary N) is 1. The van der Waals surface area contributed by atoms with E-state index in [4.69, 9.17) is 17.3 Å². The fourth-order valence-electron chi connectivity index (χ4n) is 1.74. The summed E-state index contributed by atoms with van der Waals surface area (Å²) in [5, 5.41) is 11.9. The maximum atomic E-state index is 12.1. The van der Waals surface area contributed by atoms with Gasteiger partial charge in [-0.1, -0.05) is 11.6 Å². The van der Waals surface area contributed by atoms with E-state index in [-0.39, 0.29) is 17.7 Å². The van der Waals surface area contributed by atoms with Crippen LogP contribution in [-0.4, -0.2) is 33.0 Å². The molecule has 0 saturated heterocycles. The molecule has 1 amide bonds. The van der Waals surface area contributed by atoms with Crippen LogP contribution in [0.4, 0.5) is 5.69 Å². The van der Waals surface area contributed by atoms with E-state index in [1.54, 1.807) is 0 Å². The summed E-state index contributed by atoms with van der Waals surface area (Å²) < 4.78 is 0. The number of aliphatic carboxylic acids is 1. The first-order valence-electron chi connectivity index (χ1n) is 6.03. The lowest BCUT2D eigenvalue weighted by molar-refractivity contribution is -0.139. The molecule has 2 aromatic rings. The molecule has 1 aromatic carbocycles. The molecule has 1 aromatic heterocycles. The molecule has 0 bridgehead atoms. The Hall–Kier alpha value is -2.54. The van der Waals surface area contributed by atoms with E-state index in [1.165, 1.54) is 30.7 Å². The minimum Gasteiger partial charge on any atom is -0.480 e. The van der Waals surface area contributed by atoms with E-state index in [1.807, 2.05) is 0 Å². The molecule has 1 atom stereocenters. The van der Waals surface area contributed by atoms with Gasteiger partial charge < -0.3 is 21.1 Å². The molecule has 1 heterocycles. The molecule has 0 spiro atoms. The van der Waals surface area contributed by atoms with Gasteiger partial charge in [0.25, 0.3) is 5.91 Å². The highest BCUT2D eigenvalue weighted by Gasteiger charge is 2.22. The minimum absolute atomic E-state index is 0.101. The van der Waals surface area contributed by atoms with E-state index in [9.17, 15) is 14.7 Å². The Morgan fingerprint density at radius 1 is 1.48 bits per heavy atom. The summed E-state index contributed by atoms with van der Waals surface area (Å²) in [6.45, 7) is 0. The molecule has 0 fully saturated rings. The van der Waals surface area contributed by atoms with Gasteiger partial charge in [-0.05, 0) is 18.2 Å². The van der Waals surface area contributed by atoms with Crippen molar-refractivity contribution in [2.24, 2.45) is 0 Å². The summed E-state index contributed by atoms with van der Waals surface area (Å²) in [5.41, 5.74) is 6.72. The van der Waals surface area contributed by atoms with Crippen LogP contribution in [0.1, 0.15) is 16.1 Å². The third-order valence-electron chi connectivity index (χ3n) is 2.84. The van der Waals surface area contributed by atoms with E-state index >= 15 is 0 Å². The SMILES string of the molecule is Nc1cc(C(=O)NC(Cc2cnc[nH]2)C(=O)O)ccc1Cl. The molecule has 0 aliphatic heterocycles. The van der Waals surface area contributed by atoms with Crippen LogP contribution in [0.5, 0.6) is 0 Å². The summed E-state index contributed by atoms with van der Waals surface area (Å²) >= 11 is 5.77. The van der Waals surface area contributed by atoms with Gasteiger partial charge in [0.2, 0.25) is 0 Å². The smallest absolute Gasteiger partial charge is 0.326 e. The van der Waals surface area contributed by atoms with Crippen molar-refractivity contribution in [3.63, 3.8) is 0 Å². The fraction of sp³-hybridized carbons (Fsp3) is 0.154. The number of aromatic amines is 1. The maximum Gasteiger partial charge on any atom is 0.326 e. The number of anilines is 1. The number of halogens is 1. The van der Waals surface area contributed by atoms with Crippen LogP contribution in [0.3, 0.4) is 0 Å². The van der Waals surface area contributed by atoms with E-state index in [0.29, 0.717) is 10.7 Å². The number of carboxylic acids is 1. The lowest BCUT2D eigenvalue weighted by Gasteiger charge is -2.14. The quantitative estimate of drug-likeness (QED) is 0.616. The highest BCUT2D eigenvalue weighted by molar-refractivity contribution is 6.33. The molecule has 21 heavy (non-hydrogen) atoms. The lowest BCUT2D eigenvalue weighted by Crippen LogP contribution is -2.42. The first-order valence-corrected chi connectivity index (χ1v) is 6.41. The molecule has 110 valence electrons. The number of carbonyl (C=O) groups is 2. The predicted molar refractivity (Wildman–Crippen MR) is 77.0 cm³/mol. The van der Waals surface area contributed by atoms with Gasteiger partial charge in [0.15, 0.2) is 0 Å². The summed E-state index contributed by atoms with van der Waals surface area (Å²) in [7, 11) is 0. The monoisotopic (exact) mass is 308 g/mol. The standard InChI is InChI=1S/C13H13ClN4O3/c14-9-2-1-7(3-10(9)15)12(19)18-11(13(20)21)4-8-5-16-6-17-8/h1-3,5-6,11H,4,15H2,(H,16,17)(H,18,19)(H,20,21). The average molecular weight is 309 g/mol. The predicted octanol–water partition coefficient (Wildman–Crippen LogP) is 1.07. The first kappa shape index (κ1) is 14.9. The van der Waals surface area contributed by atoms with Gasteiger partial charge in [-0.2, -0.15) is 0 Å². The zero-order chi connectivity index (χ0) is 15.4. The Morgan fingerprint density at radius 3 is 2.81 bits per heavy atom. The van der Waals surface area contributed by atoms with Crippen LogP contribution in [-0.2, 0) is 11.2 Å².